The van der Waals surface area contributed by atoms with Crippen molar-refractivity contribution in [2.24, 2.45) is 0 Å². The molecule has 2 heterocycles. The quantitative estimate of drug-likeness (QED) is 0.847. The van der Waals surface area contributed by atoms with Gasteiger partial charge in [-0.15, -0.1) is 10.2 Å². The number of hydrogen-bond donors (Lipinski definition) is 0. The molecule has 7 heteroatoms. The topological polar surface area (TPSA) is 51.0 Å². The van der Waals surface area contributed by atoms with Crippen molar-refractivity contribution in [3.63, 3.8) is 0 Å². The lowest BCUT2D eigenvalue weighted by molar-refractivity contribution is -0.119. The molecule has 0 radical (unpaired) electrons. The molecule has 1 saturated heterocycles. The third-order valence-electron chi connectivity index (χ3n) is 4.13. The first kappa shape index (κ1) is 17.0. The molecule has 128 valence electrons. The van der Waals surface area contributed by atoms with E-state index >= 15 is 0 Å². The Morgan fingerprint density at radius 1 is 1.38 bits per heavy atom. The maximum absolute atomic E-state index is 14.2. The van der Waals surface area contributed by atoms with Crippen LogP contribution in [0.1, 0.15) is 38.3 Å². The van der Waals surface area contributed by atoms with Crippen molar-refractivity contribution in [2.45, 2.75) is 50.1 Å². The van der Waals surface area contributed by atoms with Crippen LogP contribution in [0.25, 0.3) is 0 Å². The Hall–Kier alpha value is -1.89. The van der Waals surface area contributed by atoms with E-state index in [2.05, 4.69) is 10.2 Å². The molecule has 5 nitrogen and oxygen atoms in total. The summed E-state index contributed by atoms with van der Waals surface area (Å²) >= 11 is 1.42. The lowest BCUT2D eigenvalue weighted by Crippen LogP contribution is -2.43. The summed E-state index contributed by atoms with van der Waals surface area (Å²) in [6.07, 6.45) is 3.28. The monoisotopic (exact) mass is 348 g/mol. The molecule has 0 spiro atoms. The van der Waals surface area contributed by atoms with Gasteiger partial charge >= 0.3 is 0 Å². The van der Waals surface area contributed by atoms with Crippen LogP contribution in [0.4, 0.5) is 10.1 Å². The minimum atomic E-state index is -0.357. The van der Waals surface area contributed by atoms with E-state index in [-0.39, 0.29) is 23.0 Å². The predicted molar refractivity (Wildman–Crippen MR) is 92.8 cm³/mol. The third-order valence-corrected chi connectivity index (χ3v) is 5.35. The normalized spacial score (nSPS) is 18.5. The van der Waals surface area contributed by atoms with Gasteiger partial charge in [-0.05, 0) is 51.3 Å². The summed E-state index contributed by atoms with van der Waals surface area (Å²) in [5.74, 6) is -0.418. The average Bonchev–Trinajstić information content (AvgIpc) is 3.00. The third kappa shape index (κ3) is 3.31. The van der Waals surface area contributed by atoms with Gasteiger partial charge in [0.15, 0.2) is 5.16 Å². The van der Waals surface area contributed by atoms with Crippen LogP contribution in [0, 0.1) is 12.7 Å². The number of aromatic nitrogens is 3. The van der Waals surface area contributed by atoms with Crippen molar-refractivity contribution >= 4 is 23.4 Å². The zero-order valence-electron chi connectivity index (χ0n) is 14.1. The number of carbonyl (C=O) groups excluding carboxylic acids is 1. The van der Waals surface area contributed by atoms with Gasteiger partial charge in [-0.25, -0.2) is 4.39 Å². The smallest absolute Gasteiger partial charge is 0.240 e. The van der Waals surface area contributed by atoms with Crippen molar-refractivity contribution in [1.29, 1.82) is 0 Å². The van der Waals surface area contributed by atoms with E-state index in [0.717, 1.165) is 23.6 Å². The van der Waals surface area contributed by atoms with Crippen LogP contribution in [-0.4, -0.2) is 32.5 Å². The molecule has 1 aromatic heterocycles. The second kappa shape index (κ2) is 6.93. The Bertz CT molecular complexity index is 746. The molecule has 1 atom stereocenters. The number of rotatable bonds is 4. The standard InChI is InChI=1S/C17H21FN4OS/c1-11(2)22-10-19-20-17(22)24-15-5-4-8-21(16(15)23)14-9-12(3)6-7-13(14)18/h6-7,9-11,15H,4-5,8H2,1-3H3/t15-/m1/s1. The Morgan fingerprint density at radius 3 is 2.92 bits per heavy atom. The zero-order chi connectivity index (χ0) is 17.3. The number of benzene rings is 1. The lowest BCUT2D eigenvalue weighted by atomic mass is 10.1. The van der Waals surface area contributed by atoms with Crippen molar-refractivity contribution in [2.75, 3.05) is 11.4 Å². The van der Waals surface area contributed by atoms with E-state index in [1.54, 1.807) is 23.4 Å². The number of nitrogens with zero attached hydrogens (tertiary/aromatic N) is 4. The van der Waals surface area contributed by atoms with Crippen LogP contribution in [0.3, 0.4) is 0 Å². The Kier molecular flexibility index (Phi) is 4.89. The number of aryl methyl sites for hydroxylation is 1. The molecule has 0 saturated carbocycles. The number of thioether (sulfide) groups is 1. The lowest BCUT2D eigenvalue weighted by Gasteiger charge is -2.32. The molecule has 1 aliphatic rings. The van der Waals surface area contributed by atoms with Crippen molar-refractivity contribution < 1.29 is 9.18 Å². The highest BCUT2D eigenvalue weighted by Gasteiger charge is 2.33. The molecule has 0 aliphatic carbocycles. The van der Waals surface area contributed by atoms with Gasteiger partial charge in [0.05, 0.1) is 10.9 Å². The van der Waals surface area contributed by atoms with Gasteiger partial charge in [-0.3, -0.25) is 4.79 Å². The molecular formula is C17H21FN4OS. The molecule has 2 aromatic rings. The second-order valence-electron chi connectivity index (χ2n) is 6.31. The number of piperidine rings is 1. The first-order chi connectivity index (χ1) is 11.5. The highest BCUT2D eigenvalue weighted by atomic mass is 32.2. The summed E-state index contributed by atoms with van der Waals surface area (Å²) in [6, 6.07) is 5.09. The maximum atomic E-state index is 14.2. The van der Waals surface area contributed by atoms with Crippen LogP contribution >= 0.6 is 11.8 Å². The van der Waals surface area contributed by atoms with Gasteiger partial charge in [0.1, 0.15) is 12.1 Å². The van der Waals surface area contributed by atoms with E-state index in [1.807, 2.05) is 25.3 Å². The van der Waals surface area contributed by atoms with E-state index < -0.39 is 0 Å². The fourth-order valence-electron chi connectivity index (χ4n) is 2.82. The maximum Gasteiger partial charge on any atom is 0.240 e. The van der Waals surface area contributed by atoms with E-state index in [4.69, 9.17) is 0 Å². The highest BCUT2D eigenvalue weighted by Crippen LogP contribution is 2.33. The Labute approximate surface area is 145 Å². The number of hydrogen-bond acceptors (Lipinski definition) is 4. The SMILES string of the molecule is Cc1ccc(F)c(N2CCC[C@@H](Sc3nncn3C(C)C)C2=O)c1. The van der Waals surface area contributed by atoms with Gasteiger partial charge < -0.3 is 9.47 Å². The molecule has 3 rings (SSSR count). The van der Waals surface area contributed by atoms with E-state index in [9.17, 15) is 9.18 Å². The molecule has 0 bridgehead atoms. The van der Waals surface area contributed by atoms with Gasteiger partial charge in [-0.2, -0.15) is 0 Å². The van der Waals surface area contributed by atoms with Gasteiger partial charge in [0, 0.05) is 12.6 Å². The summed E-state index contributed by atoms with van der Waals surface area (Å²) in [5, 5.41) is 8.54. The molecule has 0 N–H and O–H groups in total. The molecule has 1 aromatic carbocycles. The average molecular weight is 348 g/mol. The van der Waals surface area contributed by atoms with Crippen LogP contribution in [-0.2, 0) is 4.79 Å². The summed E-state index contributed by atoms with van der Waals surface area (Å²) < 4.78 is 16.1. The Morgan fingerprint density at radius 2 is 2.17 bits per heavy atom. The number of carbonyl (C=O) groups is 1. The van der Waals surface area contributed by atoms with Crippen molar-refractivity contribution in [1.82, 2.24) is 14.8 Å². The van der Waals surface area contributed by atoms with Crippen molar-refractivity contribution in [3.8, 4) is 0 Å². The minimum Gasteiger partial charge on any atom is -0.309 e. The first-order valence-electron chi connectivity index (χ1n) is 8.11. The Balaban J connectivity index is 1.82. The second-order valence-corrected chi connectivity index (χ2v) is 7.48. The predicted octanol–water partition coefficient (Wildman–Crippen LogP) is 3.59. The highest BCUT2D eigenvalue weighted by molar-refractivity contribution is 8.00. The summed E-state index contributed by atoms with van der Waals surface area (Å²) in [4.78, 5) is 14.4. The van der Waals surface area contributed by atoms with E-state index in [0.29, 0.717) is 12.2 Å². The van der Waals surface area contributed by atoms with Crippen LogP contribution in [0.5, 0.6) is 0 Å². The van der Waals surface area contributed by atoms with Gasteiger partial charge in [-0.1, -0.05) is 17.8 Å². The molecule has 0 unspecified atom stereocenters. The van der Waals surface area contributed by atoms with Crippen molar-refractivity contribution in [3.05, 3.63) is 35.9 Å². The fourth-order valence-corrected chi connectivity index (χ4v) is 4.06. The summed E-state index contributed by atoms with van der Waals surface area (Å²) in [6.45, 7) is 6.54. The summed E-state index contributed by atoms with van der Waals surface area (Å²) in [7, 11) is 0. The number of anilines is 1. The molecule has 1 aliphatic heterocycles. The van der Waals surface area contributed by atoms with Gasteiger partial charge in [0.25, 0.3) is 0 Å². The summed E-state index contributed by atoms with van der Waals surface area (Å²) in [5.41, 5.74) is 1.31. The minimum absolute atomic E-state index is 0.0611. The number of halogens is 1. The largest absolute Gasteiger partial charge is 0.309 e. The zero-order valence-corrected chi connectivity index (χ0v) is 14.9. The molecule has 1 fully saturated rings. The molecular weight excluding hydrogens is 327 g/mol. The van der Waals surface area contributed by atoms with Crippen LogP contribution in [0.15, 0.2) is 29.7 Å². The fraction of sp³-hybridized carbons (Fsp3) is 0.471. The molecule has 24 heavy (non-hydrogen) atoms. The van der Waals surface area contributed by atoms with Crippen LogP contribution in [0.2, 0.25) is 0 Å². The number of amides is 1. The van der Waals surface area contributed by atoms with E-state index in [1.165, 1.54) is 17.8 Å². The van der Waals surface area contributed by atoms with Crippen LogP contribution < -0.4 is 4.90 Å². The molecule has 1 amide bonds. The first-order valence-corrected chi connectivity index (χ1v) is 8.99. The van der Waals surface area contributed by atoms with Gasteiger partial charge in [0.2, 0.25) is 5.91 Å².